The normalized spacial score (nSPS) is 17.6. The Hall–Kier alpha value is -1.99. The first-order chi connectivity index (χ1) is 11.2. The molecule has 1 aromatic heterocycles. The third-order valence-electron chi connectivity index (χ3n) is 4.37. The van der Waals surface area contributed by atoms with Gasteiger partial charge in [0.25, 0.3) is 0 Å². The average Bonchev–Trinajstić information content (AvgIpc) is 2.98. The fourth-order valence-corrected chi connectivity index (χ4v) is 2.87. The van der Waals surface area contributed by atoms with Crippen LogP contribution in [0.25, 0.3) is 11.0 Å². The molecule has 1 N–H and O–H groups in total. The van der Waals surface area contributed by atoms with Crippen LogP contribution in [-0.2, 0) is 11.3 Å². The number of aromatic nitrogens is 3. The quantitative estimate of drug-likeness (QED) is 0.861. The predicted molar refractivity (Wildman–Crippen MR) is 86.8 cm³/mol. The summed E-state index contributed by atoms with van der Waals surface area (Å²) in [5.74, 6) is 0.0661. The summed E-state index contributed by atoms with van der Waals surface area (Å²) in [7, 11) is 0. The molecule has 0 bridgehead atoms. The van der Waals surface area contributed by atoms with Crippen molar-refractivity contribution in [1.29, 1.82) is 0 Å². The number of nitrogens with zero attached hydrogens (tertiary/aromatic N) is 5. The number of piperazine rings is 1. The summed E-state index contributed by atoms with van der Waals surface area (Å²) >= 11 is 0. The van der Waals surface area contributed by atoms with E-state index in [1.807, 2.05) is 36.1 Å². The molecule has 2 aromatic rings. The summed E-state index contributed by atoms with van der Waals surface area (Å²) in [6.45, 7) is 5.89. The second-order valence-corrected chi connectivity index (χ2v) is 5.98. The van der Waals surface area contributed by atoms with Crippen LogP contribution in [0.3, 0.4) is 0 Å². The highest BCUT2D eigenvalue weighted by Gasteiger charge is 2.22. The van der Waals surface area contributed by atoms with E-state index in [0.29, 0.717) is 19.6 Å². The number of carbonyl (C=O) groups is 1. The van der Waals surface area contributed by atoms with Crippen molar-refractivity contribution >= 4 is 16.9 Å². The topological polar surface area (TPSA) is 74.5 Å². The number of aliphatic hydroxyl groups is 1. The van der Waals surface area contributed by atoms with Gasteiger partial charge in [-0.05, 0) is 18.6 Å². The van der Waals surface area contributed by atoms with Crippen LogP contribution in [-0.4, -0.2) is 74.6 Å². The van der Waals surface area contributed by atoms with Gasteiger partial charge in [0.2, 0.25) is 5.91 Å². The van der Waals surface area contributed by atoms with Crippen LogP contribution in [0.4, 0.5) is 0 Å². The number of benzene rings is 1. The molecular weight excluding hydrogens is 294 g/mol. The fourth-order valence-electron chi connectivity index (χ4n) is 2.87. The van der Waals surface area contributed by atoms with E-state index in [4.69, 9.17) is 0 Å². The maximum Gasteiger partial charge on any atom is 0.244 e. The van der Waals surface area contributed by atoms with Crippen molar-refractivity contribution in [2.45, 2.75) is 26.0 Å². The lowest BCUT2D eigenvalue weighted by Crippen LogP contribution is -2.51. The summed E-state index contributed by atoms with van der Waals surface area (Å²) < 4.78 is 1.66. The molecule has 1 aliphatic heterocycles. The Morgan fingerprint density at radius 2 is 2.00 bits per heavy atom. The molecule has 1 aliphatic rings. The first kappa shape index (κ1) is 15.9. The number of para-hydroxylation sites is 1. The van der Waals surface area contributed by atoms with E-state index in [-0.39, 0.29) is 18.6 Å². The first-order valence-electron chi connectivity index (χ1n) is 8.14. The fraction of sp³-hybridized carbons (Fsp3) is 0.562. The van der Waals surface area contributed by atoms with Crippen molar-refractivity contribution in [2.24, 2.45) is 0 Å². The highest BCUT2D eigenvalue weighted by molar-refractivity contribution is 5.79. The molecule has 0 radical (unpaired) electrons. The summed E-state index contributed by atoms with van der Waals surface area (Å²) in [4.78, 5) is 16.5. The number of amides is 1. The maximum atomic E-state index is 12.5. The molecule has 1 unspecified atom stereocenters. The van der Waals surface area contributed by atoms with Gasteiger partial charge in [-0.1, -0.05) is 24.3 Å². The van der Waals surface area contributed by atoms with Crippen LogP contribution in [0, 0.1) is 0 Å². The highest BCUT2D eigenvalue weighted by Crippen LogP contribution is 2.11. The Balaban J connectivity index is 1.56. The van der Waals surface area contributed by atoms with Gasteiger partial charge in [-0.3, -0.25) is 9.69 Å². The lowest BCUT2D eigenvalue weighted by molar-refractivity contribution is -0.133. The lowest BCUT2D eigenvalue weighted by atomic mass is 10.2. The molecule has 7 heteroatoms. The molecule has 1 saturated heterocycles. The zero-order valence-electron chi connectivity index (χ0n) is 13.4. The van der Waals surface area contributed by atoms with E-state index in [9.17, 15) is 9.90 Å². The van der Waals surface area contributed by atoms with Gasteiger partial charge in [0.15, 0.2) is 0 Å². The summed E-state index contributed by atoms with van der Waals surface area (Å²) in [6, 6.07) is 7.64. The zero-order valence-corrected chi connectivity index (χ0v) is 13.4. The molecule has 0 spiro atoms. The monoisotopic (exact) mass is 317 g/mol. The van der Waals surface area contributed by atoms with Gasteiger partial charge in [0, 0.05) is 32.7 Å². The lowest BCUT2D eigenvalue weighted by Gasteiger charge is -2.35. The number of β-amino-alcohol motifs (C(OH)–C–C–N with tert-alkyl or cyclic N) is 1. The van der Waals surface area contributed by atoms with Crippen molar-refractivity contribution < 1.29 is 9.90 Å². The standard InChI is InChI=1S/C16H23N5O2/c1-2-13(22)11-19-7-9-20(10-8-19)16(23)12-21-15-6-4-3-5-14(15)17-18-21/h3-6,13,22H,2,7-12H2,1H3. The number of aliphatic hydroxyl groups excluding tert-OH is 1. The third kappa shape index (κ3) is 3.68. The van der Waals surface area contributed by atoms with Gasteiger partial charge in [0.1, 0.15) is 12.1 Å². The average molecular weight is 317 g/mol. The summed E-state index contributed by atoms with van der Waals surface area (Å²) in [5, 5.41) is 17.9. The molecule has 3 rings (SSSR count). The van der Waals surface area contributed by atoms with Gasteiger partial charge >= 0.3 is 0 Å². The van der Waals surface area contributed by atoms with Crippen LogP contribution >= 0.6 is 0 Å². The predicted octanol–water partition coefficient (Wildman–Crippen LogP) is 0.346. The van der Waals surface area contributed by atoms with Gasteiger partial charge in [-0.2, -0.15) is 0 Å². The number of fused-ring (bicyclic) bond motifs is 1. The Labute approximate surface area is 135 Å². The molecule has 1 atom stereocenters. The molecule has 0 saturated carbocycles. The minimum absolute atomic E-state index is 0.0661. The van der Waals surface area contributed by atoms with E-state index < -0.39 is 0 Å². The number of hydrogen-bond acceptors (Lipinski definition) is 5. The van der Waals surface area contributed by atoms with Gasteiger partial charge in [-0.15, -0.1) is 5.10 Å². The van der Waals surface area contributed by atoms with E-state index in [1.54, 1.807) is 4.68 Å². The molecule has 7 nitrogen and oxygen atoms in total. The minimum Gasteiger partial charge on any atom is -0.392 e. The smallest absolute Gasteiger partial charge is 0.244 e. The second-order valence-electron chi connectivity index (χ2n) is 5.98. The SMILES string of the molecule is CCC(O)CN1CCN(C(=O)Cn2nnc3ccccc32)CC1. The Bertz CT molecular complexity index is 663. The first-order valence-corrected chi connectivity index (χ1v) is 8.14. The van der Waals surface area contributed by atoms with Gasteiger partial charge in [0.05, 0.1) is 11.6 Å². The number of carbonyl (C=O) groups excluding carboxylic acids is 1. The largest absolute Gasteiger partial charge is 0.392 e. The minimum atomic E-state index is -0.279. The van der Waals surface area contributed by atoms with Crippen LogP contribution < -0.4 is 0 Å². The molecule has 1 amide bonds. The summed E-state index contributed by atoms with van der Waals surface area (Å²) in [6.07, 6.45) is 0.483. The van der Waals surface area contributed by atoms with Crippen LogP contribution in [0.15, 0.2) is 24.3 Å². The third-order valence-corrected chi connectivity index (χ3v) is 4.37. The van der Waals surface area contributed by atoms with E-state index in [2.05, 4.69) is 15.2 Å². The van der Waals surface area contributed by atoms with Crippen molar-refractivity contribution in [3.05, 3.63) is 24.3 Å². The zero-order chi connectivity index (χ0) is 16.2. The number of rotatable bonds is 5. The molecule has 0 aliphatic carbocycles. The van der Waals surface area contributed by atoms with Gasteiger partial charge < -0.3 is 10.0 Å². The van der Waals surface area contributed by atoms with Crippen molar-refractivity contribution in [3.63, 3.8) is 0 Å². The van der Waals surface area contributed by atoms with E-state index in [1.165, 1.54) is 0 Å². The molecule has 124 valence electrons. The van der Waals surface area contributed by atoms with E-state index >= 15 is 0 Å². The molecule has 23 heavy (non-hydrogen) atoms. The van der Waals surface area contributed by atoms with Crippen molar-refractivity contribution in [2.75, 3.05) is 32.7 Å². The maximum absolute atomic E-state index is 12.5. The summed E-state index contributed by atoms with van der Waals surface area (Å²) in [5.41, 5.74) is 1.68. The van der Waals surface area contributed by atoms with E-state index in [0.717, 1.165) is 30.5 Å². The van der Waals surface area contributed by atoms with Gasteiger partial charge in [-0.25, -0.2) is 4.68 Å². The molecule has 2 heterocycles. The van der Waals surface area contributed by atoms with Crippen LogP contribution in [0.1, 0.15) is 13.3 Å². The number of hydrogen-bond donors (Lipinski definition) is 1. The second kappa shape index (κ2) is 7.06. The van der Waals surface area contributed by atoms with Crippen molar-refractivity contribution in [1.82, 2.24) is 24.8 Å². The Kier molecular flexibility index (Phi) is 4.88. The molecule has 1 fully saturated rings. The molecular formula is C16H23N5O2. The van der Waals surface area contributed by atoms with Crippen molar-refractivity contribution in [3.8, 4) is 0 Å². The van der Waals surface area contributed by atoms with Crippen LogP contribution in [0.2, 0.25) is 0 Å². The highest BCUT2D eigenvalue weighted by atomic mass is 16.3. The Morgan fingerprint density at radius 3 is 2.74 bits per heavy atom. The van der Waals surface area contributed by atoms with Crippen LogP contribution in [0.5, 0.6) is 0 Å². The Morgan fingerprint density at radius 1 is 1.26 bits per heavy atom. The molecule has 1 aromatic carbocycles.